The Morgan fingerprint density at radius 3 is 2.75 bits per heavy atom. The Balaban J connectivity index is 1.88. The highest BCUT2D eigenvalue weighted by molar-refractivity contribution is 7.89. The molecule has 0 aliphatic carbocycles. The highest BCUT2D eigenvalue weighted by atomic mass is 35.5. The Morgan fingerprint density at radius 1 is 1.21 bits per heavy atom. The smallest absolute Gasteiger partial charge is 0.257 e. The number of benzene rings is 2. The summed E-state index contributed by atoms with van der Waals surface area (Å²) in [6.45, 7) is 0.627. The first-order valence-corrected chi connectivity index (χ1v) is 9.07. The summed E-state index contributed by atoms with van der Waals surface area (Å²) in [4.78, 5) is 12.4. The number of ether oxygens (including phenoxy) is 1. The van der Waals surface area contributed by atoms with Gasteiger partial charge in [-0.25, -0.2) is 13.1 Å². The van der Waals surface area contributed by atoms with E-state index in [9.17, 15) is 13.2 Å². The fraction of sp³-hybridized carbons (Fsp3) is 0.188. The summed E-state index contributed by atoms with van der Waals surface area (Å²) < 4.78 is 31.4. The van der Waals surface area contributed by atoms with Gasteiger partial charge in [-0.15, -0.1) is 0 Å². The minimum Gasteiger partial charge on any atom is -0.493 e. The van der Waals surface area contributed by atoms with E-state index in [1.807, 2.05) is 6.07 Å². The lowest BCUT2D eigenvalue weighted by atomic mass is 10.1. The molecule has 0 saturated heterocycles. The summed E-state index contributed by atoms with van der Waals surface area (Å²) in [5, 5.41) is 2.90. The van der Waals surface area contributed by atoms with Crippen molar-refractivity contribution in [1.29, 1.82) is 0 Å². The number of carbonyl (C=O) groups excluding carboxylic acids is 1. The maximum Gasteiger partial charge on any atom is 0.257 e. The van der Waals surface area contributed by atoms with Crippen LogP contribution in [-0.4, -0.2) is 28.0 Å². The van der Waals surface area contributed by atoms with Crippen molar-refractivity contribution in [1.82, 2.24) is 4.72 Å². The zero-order valence-corrected chi connectivity index (χ0v) is 14.4. The highest BCUT2D eigenvalue weighted by Crippen LogP contribution is 2.28. The second-order valence-electron chi connectivity index (χ2n) is 5.22. The van der Waals surface area contributed by atoms with Crippen LogP contribution in [0.2, 0.25) is 5.02 Å². The van der Waals surface area contributed by atoms with E-state index in [0.29, 0.717) is 12.3 Å². The van der Waals surface area contributed by atoms with Crippen LogP contribution in [0.4, 0.5) is 5.69 Å². The lowest BCUT2D eigenvalue weighted by Crippen LogP contribution is -2.20. The number of sulfonamides is 1. The minimum atomic E-state index is -3.66. The Hall–Kier alpha value is -2.09. The molecule has 0 atom stereocenters. The lowest BCUT2D eigenvalue weighted by molar-refractivity contribution is 0.102. The zero-order chi connectivity index (χ0) is 17.3. The number of anilines is 1. The van der Waals surface area contributed by atoms with Crippen molar-refractivity contribution in [2.45, 2.75) is 11.3 Å². The standard InChI is InChI=1S/C16H15ClN2O4S/c1-18-24(21,22)12-3-4-14(17)13(9-12)16(20)19-11-2-5-15-10(8-11)6-7-23-15/h2-5,8-9,18H,6-7H2,1H3,(H,19,20). The van der Waals surface area contributed by atoms with E-state index in [1.165, 1.54) is 25.2 Å². The molecule has 8 heteroatoms. The molecule has 0 aromatic heterocycles. The minimum absolute atomic E-state index is 0.0260. The summed E-state index contributed by atoms with van der Waals surface area (Å²) in [5.74, 6) is 0.333. The van der Waals surface area contributed by atoms with E-state index in [-0.39, 0.29) is 15.5 Å². The van der Waals surface area contributed by atoms with E-state index >= 15 is 0 Å². The Kier molecular flexibility index (Phi) is 4.49. The first-order chi connectivity index (χ1) is 11.4. The van der Waals surface area contributed by atoms with Gasteiger partial charge in [0.15, 0.2) is 0 Å². The number of hydrogen-bond donors (Lipinski definition) is 2. The summed E-state index contributed by atoms with van der Waals surface area (Å²) in [6.07, 6.45) is 0.787. The molecule has 6 nitrogen and oxygen atoms in total. The van der Waals surface area contributed by atoms with Gasteiger partial charge in [0.2, 0.25) is 10.0 Å². The van der Waals surface area contributed by atoms with Crippen molar-refractivity contribution >= 4 is 33.2 Å². The van der Waals surface area contributed by atoms with Gasteiger partial charge in [-0.1, -0.05) is 11.6 Å². The van der Waals surface area contributed by atoms with Gasteiger partial charge < -0.3 is 10.1 Å². The molecule has 0 spiro atoms. The number of amides is 1. The van der Waals surface area contributed by atoms with Crippen molar-refractivity contribution in [3.05, 3.63) is 52.5 Å². The van der Waals surface area contributed by atoms with Crippen LogP contribution in [0.1, 0.15) is 15.9 Å². The Bertz CT molecular complexity index is 912. The monoisotopic (exact) mass is 366 g/mol. The van der Waals surface area contributed by atoms with Crippen LogP contribution in [0.5, 0.6) is 5.75 Å². The molecule has 1 aliphatic rings. The number of halogens is 1. The van der Waals surface area contributed by atoms with Gasteiger partial charge in [-0.3, -0.25) is 4.79 Å². The average Bonchev–Trinajstić information content (AvgIpc) is 3.02. The number of nitrogens with one attached hydrogen (secondary N) is 2. The molecule has 2 N–H and O–H groups in total. The molecule has 2 aromatic carbocycles. The third-order valence-corrected chi connectivity index (χ3v) is 5.45. The van der Waals surface area contributed by atoms with Crippen molar-refractivity contribution in [2.24, 2.45) is 0 Å². The van der Waals surface area contributed by atoms with Crippen LogP contribution in [0.15, 0.2) is 41.3 Å². The molecule has 1 aliphatic heterocycles. The van der Waals surface area contributed by atoms with Gasteiger partial charge in [-0.2, -0.15) is 0 Å². The topological polar surface area (TPSA) is 84.5 Å². The summed E-state index contributed by atoms with van der Waals surface area (Å²) in [6, 6.07) is 9.34. The van der Waals surface area contributed by atoms with Crippen molar-refractivity contribution in [3.63, 3.8) is 0 Å². The molecular formula is C16H15ClN2O4S. The molecule has 3 rings (SSSR count). The second kappa shape index (κ2) is 6.43. The lowest BCUT2D eigenvalue weighted by Gasteiger charge is -2.10. The molecule has 24 heavy (non-hydrogen) atoms. The fourth-order valence-electron chi connectivity index (χ4n) is 2.43. The summed E-state index contributed by atoms with van der Waals surface area (Å²) in [5.41, 5.74) is 1.71. The maximum atomic E-state index is 12.5. The van der Waals surface area contributed by atoms with E-state index in [0.717, 1.165) is 17.7 Å². The van der Waals surface area contributed by atoms with Gasteiger partial charge in [0.25, 0.3) is 5.91 Å². The number of rotatable bonds is 4. The molecular weight excluding hydrogens is 352 g/mol. The van der Waals surface area contributed by atoms with Crippen molar-refractivity contribution in [2.75, 3.05) is 19.0 Å². The summed E-state index contributed by atoms with van der Waals surface area (Å²) in [7, 11) is -2.36. The van der Waals surface area contributed by atoms with Crippen LogP contribution in [0.3, 0.4) is 0 Å². The van der Waals surface area contributed by atoms with Crippen LogP contribution in [-0.2, 0) is 16.4 Å². The van der Waals surface area contributed by atoms with Crippen LogP contribution < -0.4 is 14.8 Å². The number of hydrogen-bond acceptors (Lipinski definition) is 4. The first kappa shape index (κ1) is 16.8. The van der Waals surface area contributed by atoms with Crippen LogP contribution in [0, 0.1) is 0 Å². The van der Waals surface area contributed by atoms with Crippen molar-refractivity contribution < 1.29 is 17.9 Å². The average molecular weight is 367 g/mol. The summed E-state index contributed by atoms with van der Waals surface area (Å²) >= 11 is 6.05. The number of fused-ring (bicyclic) bond motifs is 1. The molecule has 0 fully saturated rings. The molecule has 0 saturated carbocycles. The van der Waals surface area contributed by atoms with Crippen molar-refractivity contribution in [3.8, 4) is 5.75 Å². The molecule has 126 valence electrons. The Labute approximate surface area is 144 Å². The fourth-order valence-corrected chi connectivity index (χ4v) is 3.39. The molecule has 0 radical (unpaired) electrons. The van der Waals surface area contributed by atoms with E-state index in [2.05, 4.69) is 10.0 Å². The SMILES string of the molecule is CNS(=O)(=O)c1ccc(Cl)c(C(=O)Nc2ccc3c(c2)CCO3)c1. The highest BCUT2D eigenvalue weighted by Gasteiger charge is 2.18. The van der Waals surface area contributed by atoms with Crippen LogP contribution in [0.25, 0.3) is 0 Å². The molecule has 0 bridgehead atoms. The normalized spacial score (nSPS) is 13.2. The third kappa shape index (κ3) is 3.24. The largest absolute Gasteiger partial charge is 0.493 e. The molecule has 1 amide bonds. The van der Waals surface area contributed by atoms with Gasteiger partial charge in [0, 0.05) is 12.1 Å². The number of carbonyl (C=O) groups is 1. The first-order valence-electron chi connectivity index (χ1n) is 7.21. The zero-order valence-electron chi connectivity index (χ0n) is 12.8. The van der Waals surface area contributed by atoms with Gasteiger partial charge in [-0.05, 0) is 49.0 Å². The third-order valence-electron chi connectivity index (χ3n) is 3.71. The Morgan fingerprint density at radius 2 is 2.00 bits per heavy atom. The van der Waals surface area contributed by atoms with E-state index in [4.69, 9.17) is 16.3 Å². The second-order valence-corrected chi connectivity index (χ2v) is 7.52. The van der Waals surface area contributed by atoms with E-state index in [1.54, 1.807) is 12.1 Å². The molecule has 1 heterocycles. The van der Waals surface area contributed by atoms with Gasteiger partial charge >= 0.3 is 0 Å². The quantitative estimate of drug-likeness (QED) is 0.870. The van der Waals surface area contributed by atoms with Crippen LogP contribution >= 0.6 is 11.6 Å². The van der Waals surface area contributed by atoms with Gasteiger partial charge in [0.1, 0.15) is 5.75 Å². The predicted octanol–water partition coefficient (Wildman–Crippen LogP) is 2.44. The van der Waals surface area contributed by atoms with Gasteiger partial charge in [0.05, 0.1) is 22.1 Å². The molecule has 2 aromatic rings. The maximum absolute atomic E-state index is 12.5. The molecule has 0 unspecified atom stereocenters. The predicted molar refractivity (Wildman–Crippen MR) is 91.3 cm³/mol. The van der Waals surface area contributed by atoms with E-state index < -0.39 is 15.9 Å².